The molecule has 0 radical (unpaired) electrons. The number of allylic oxidation sites excluding steroid dienone is 3. The van der Waals surface area contributed by atoms with Crippen LogP contribution in [-0.2, 0) is 0 Å². The van der Waals surface area contributed by atoms with E-state index in [9.17, 15) is 0 Å². The normalized spacial score (nSPS) is 13.4. The quantitative estimate of drug-likeness (QED) is 0.524. The summed E-state index contributed by atoms with van der Waals surface area (Å²) in [6, 6.07) is 5.84. The van der Waals surface area contributed by atoms with E-state index in [1.807, 2.05) is 31.2 Å². The highest BCUT2D eigenvalue weighted by Crippen LogP contribution is 2.22. The molecule has 0 amide bonds. The average Bonchev–Trinajstić information content (AvgIpc) is 2.26. The van der Waals surface area contributed by atoms with Gasteiger partial charge in [-0.2, -0.15) is 0 Å². The SMILES string of the molecule is C=C/C=C(\N=C)C(C)c1ccccn1. The average molecular weight is 186 g/mol. The van der Waals surface area contributed by atoms with Gasteiger partial charge in [0.25, 0.3) is 0 Å². The van der Waals surface area contributed by atoms with Crippen molar-refractivity contribution in [3.63, 3.8) is 0 Å². The van der Waals surface area contributed by atoms with Crippen LogP contribution in [0, 0.1) is 0 Å². The van der Waals surface area contributed by atoms with Crippen molar-refractivity contribution in [3.05, 3.63) is 54.5 Å². The van der Waals surface area contributed by atoms with Crippen LogP contribution in [0.1, 0.15) is 18.5 Å². The van der Waals surface area contributed by atoms with Gasteiger partial charge < -0.3 is 0 Å². The van der Waals surface area contributed by atoms with Crippen molar-refractivity contribution in [2.45, 2.75) is 12.8 Å². The molecule has 2 nitrogen and oxygen atoms in total. The molecule has 0 aliphatic carbocycles. The van der Waals surface area contributed by atoms with Gasteiger partial charge in [0.2, 0.25) is 0 Å². The Bertz CT molecular complexity index is 339. The molecule has 1 heterocycles. The minimum Gasteiger partial charge on any atom is -0.268 e. The second-order valence-corrected chi connectivity index (χ2v) is 2.96. The van der Waals surface area contributed by atoms with Gasteiger partial charge in [0.15, 0.2) is 0 Å². The molecule has 1 unspecified atom stereocenters. The van der Waals surface area contributed by atoms with Crippen LogP contribution >= 0.6 is 0 Å². The number of aromatic nitrogens is 1. The summed E-state index contributed by atoms with van der Waals surface area (Å²) in [7, 11) is 0. The van der Waals surface area contributed by atoms with E-state index >= 15 is 0 Å². The zero-order valence-electron chi connectivity index (χ0n) is 8.35. The fraction of sp³-hybridized carbons (Fsp3) is 0.167. The Labute approximate surface area is 84.7 Å². The Kier molecular flexibility index (Phi) is 3.80. The van der Waals surface area contributed by atoms with Crippen LogP contribution in [0.2, 0.25) is 0 Å². The number of hydrogen-bond donors (Lipinski definition) is 0. The second kappa shape index (κ2) is 5.12. The van der Waals surface area contributed by atoms with Crippen LogP contribution in [0.5, 0.6) is 0 Å². The standard InChI is InChI=1S/C12H14N2/c1-4-7-11(13-3)10(2)12-8-5-6-9-14-12/h4-10H,1,3H2,2H3/b11-7-. The summed E-state index contributed by atoms with van der Waals surface area (Å²) in [5.74, 6) is 0.159. The van der Waals surface area contributed by atoms with Gasteiger partial charge in [0.05, 0.1) is 0 Å². The molecule has 1 rings (SSSR count). The molecule has 0 saturated heterocycles. The minimum atomic E-state index is 0.159. The Morgan fingerprint density at radius 2 is 2.36 bits per heavy atom. The number of hydrogen-bond acceptors (Lipinski definition) is 2. The van der Waals surface area contributed by atoms with E-state index in [1.165, 1.54) is 0 Å². The molecule has 1 aromatic rings. The van der Waals surface area contributed by atoms with Crippen LogP contribution < -0.4 is 0 Å². The first-order chi connectivity index (χ1) is 6.79. The molecule has 0 fully saturated rings. The van der Waals surface area contributed by atoms with E-state index in [0.29, 0.717) is 0 Å². The first kappa shape index (κ1) is 10.4. The third kappa shape index (κ3) is 2.39. The van der Waals surface area contributed by atoms with Crippen molar-refractivity contribution in [3.8, 4) is 0 Å². The summed E-state index contributed by atoms with van der Waals surface area (Å²) in [5, 5.41) is 0. The third-order valence-electron chi connectivity index (χ3n) is 2.05. The Morgan fingerprint density at radius 1 is 1.57 bits per heavy atom. The maximum absolute atomic E-state index is 4.27. The van der Waals surface area contributed by atoms with Crippen LogP contribution in [0.3, 0.4) is 0 Å². The molecule has 0 bridgehead atoms. The fourth-order valence-corrected chi connectivity index (χ4v) is 1.24. The van der Waals surface area contributed by atoms with E-state index < -0.39 is 0 Å². The summed E-state index contributed by atoms with van der Waals surface area (Å²) in [6.45, 7) is 9.22. The van der Waals surface area contributed by atoms with Crippen molar-refractivity contribution < 1.29 is 0 Å². The molecule has 2 heteroatoms. The van der Waals surface area contributed by atoms with Gasteiger partial charge in [-0.3, -0.25) is 9.98 Å². The number of rotatable bonds is 4. The molecule has 0 aromatic carbocycles. The lowest BCUT2D eigenvalue weighted by atomic mass is 10.0. The molecule has 1 atom stereocenters. The predicted octanol–water partition coefficient (Wildman–Crippen LogP) is 2.96. The minimum absolute atomic E-state index is 0.159. The highest BCUT2D eigenvalue weighted by atomic mass is 14.8. The maximum atomic E-state index is 4.27. The van der Waals surface area contributed by atoms with E-state index in [-0.39, 0.29) is 5.92 Å². The monoisotopic (exact) mass is 186 g/mol. The number of pyridine rings is 1. The Morgan fingerprint density at radius 3 is 2.86 bits per heavy atom. The summed E-state index contributed by atoms with van der Waals surface area (Å²) in [4.78, 5) is 8.22. The van der Waals surface area contributed by atoms with Gasteiger partial charge in [-0.05, 0) is 24.9 Å². The zero-order chi connectivity index (χ0) is 10.4. The topological polar surface area (TPSA) is 25.2 Å². The number of aliphatic imine (C=N–C) groups is 1. The van der Waals surface area contributed by atoms with Gasteiger partial charge in [-0.25, -0.2) is 0 Å². The van der Waals surface area contributed by atoms with Crippen molar-refractivity contribution in [1.29, 1.82) is 0 Å². The molecule has 0 spiro atoms. The van der Waals surface area contributed by atoms with Gasteiger partial charge in [0.1, 0.15) is 0 Å². The fourth-order valence-electron chi connectivity index (χ4n) is 1.24. The Hall–Kier alpha value is -1.70. The highest BCUT2D eigenvalue weighted by molar-refractivity contribution is 5.34. The maximum Gasteiger partial charge on any atom is 0.0491 e. The largest absolute Gasteiger partial charge is 0.268 e. The smallest absolute Gasteiger partial charge is 0.0491 e. The third-order valence-corrected chi connectivity index (χ3v) is 2.05. The van der Waals surface area contributed by atoms with Crippen LogP contribution in [-0.4, -0.2) is 11.7 Å². The van der Waals surface area contributed by atoms with Gasteiger partial charge >= 0.3 is 0 Å². The van der Waals surface area contributed by atoms with E-state index in [4.69, 9.17) is 0 Å². The van der Waals surface area contributed by atoms with Gasteiger partial charge in [0, 0.05) is 23.5 Å². The van der Waals surface area contributed by atoms with Gasteiger partial charge in [-0.15, -0.1) is 0 Å². The first-order valence-electron chi connectivity index (χ1n) is 4.50. The molecule has 1 aromatic heterocycles. The molecule has 14 heavy (non-hydrogen) atoms. The predicted molar refractivity (Wildman–Crippen MR) is 60.5 cm³/mol. The van der Waals surface area contributed by atoms with E-state index in [1.54, 1.807) is 12.3 Å². The molecule has 0 N–H and O–H groups in total. The number of nitrogens with zero attached hydrogens (tertiary/aromatic N) is 2. The summed E-state index contributed by atoms with van der Waals surface area (Å²) in [6.07, 6.45) is 5.34. The van der Waals surface area contributed by atoms with Crippen molar-refractivity contribution in [2.75, 3.05) is 0 Å². The van der Waals surface area contributed by atoms with Crippen LogP contribution in [0.15, 0.2) is 53.8 Å². The van der Waals surface area contributed by atoms with E-state index in [2.05, 4.69) is 23.3 Å². The molecular formula is C12H14N2. The van der Waals surface area contributed by atoms with Crippen molar-refractivity contribution in [1.82, 2.24) is 4.98 Å². The van der Waals surface area contributed by atoms with Crippen molar-refractivity contribution in [2.24, 2.45) is 4.99 Å². The molecule has 0 saturated carbocycles. The van der Waals surface area contributed by atoms with Crippen LogP contribution in [0.25, 0.3) is 0 Å². The van der Waals surface area contributed by atoms with Crippen molar-refractivity contribution >= 4 is 6.72 Å². The molecule has 0 aliphatic rings. The first-order valence-corrected chi connectivity index (χ1v) is 4.50. The lowest BCUT2D eigenvalue weighted by molar-refractivity contribution is 0.839. The Balaban J connectivity index is 2.94. The summed E-state index contributed by atoms with van der Waals surface area (Å²) in [5.41, 5.74) is 1.88. The van der Waals surface area contributed by atoms with Gasteiger partial charge in [-0.1, -0.05) is 25.6 Å². The zero-order valence-corrected chi connectivity index (χ0v) is 8.35. The molecule has 72 valence electrons. The highest BCUT2D eigenvalue weighted by Gasteiger charge is 2.09. The molecular weight excluding hydrogens is 172 g/mol. The lowest BCUT2D eigenvalue weighted by Crippen LogP contribution is -1.98. The lowest BCUT2D eigenvalue weighted by Gasteiger charge is -2.10. The second-order valence-electron chi connectivity index (χ2n) is 2.96. The van der Waals surface area contributed by atoms with E-state index in [0.717, 1.165) is 11.4 Å². The summed E-state index contributed by atoms with van der Waals surface area (Å²) >= 11 is 0. The molecule has 0 aliphatic heterocycles. The van der Waals surface area contributed by atoms with Crippen LogP contribution in [0.4, 0.5) is 0 Å². The summed E-state index contributed by atoms with van der Waals surface area (Å²) < 4.78 is 0.